The SMILES string of the molecule is CC1(C2CCC(CO)O2)CCCCC1. The lowest BCUT2D eigenvalue weighted by atomic mass is 9.71. The number of ether oxygens (including phenoxy) is 1. The second-order valence-corrected chi connectivity index (χ2v) is 5.22. The monoisotopic (exact) mass is 198 g/mol. The fourth-order valence-corrected chi connectivity index (χ4v) is 3.03. The van der Waals surface area contributed by atoms with Crippen LogP contribution >= 0.6 is 0 Å². The van der Waals surface area contributed by atoms with Crippen molar-refractivity contribution >= 4 is 0 Å². The van der Waals surface area contributed by atoms with Gasteiger partial charge in [-0.25, -0.2) is 0 Å². The van der Waals surface area contributed by atoms with Crippen LogP contribution in [0, 0.1) is 5.41 Å². The van der Waals surface area contributed by atoms with Gasteiger partial charge in [0.15, 0.2) is 0 Å². The van der Waals surface area contributed by atoms with E-state index in [9.17, 15) is 0 Å². The van der Waals surface area contributed by atoms with Crippen molar-refractivity contribution in [2.45, 2.75) is 64.1 Å². The minimum absolute atomic E-state index is 0.124. The molecule has 2 unspecified atom stereocenters. The van der Waals surface area contributed by atoms with E-state index in [1.807, 2.05) is 0 Å². The zero-order valence-electron chi connectivity index (χ0n) is 9.17. The zero-order valence-corrected chi connectivity index (χ0v) is 9.17. The van der Waals surface area contributed by atoms with Gasteiger partial charge in [0.25, 0.3) is 0 Å². The number of rotatable bonds is 2. The lowest BCUT2D eigenvalue weighted by Crippen LogP contribution is -2.34. The smallest absolute Gasteiger partial charge is 0.0810 e. The molecule has 2 atom stereocenters. The minimum atomic E-state index is 0.124. The molecule has 14 heavy (non-hydrogen) atoms. The van der Waals surface area contributed by atoms with Crippen molar-refractivity contribution in [1.29, 1.82) is 0 Å². The van der Waals surface area contributed by atoms with Crippen LogP contribution in [-0.4, -0.2) is 23.9 Å². The molecule has 1 saturated carbocycles. The summed E-state index contributed by atoms with van der Waals surface area (Å²) in [6.45, 7) is 2.57. The van der Waals surface area contributed by atoms with E-state index in [0.29, 0.717) is 11.5 Å². The Hall–Kier alpha value is -0.0800. The normalized spacial score (nSPS) is 37.3. The van der Waals surface area contributed by atoms with Crippen LogP contribution in [0.15, 0.2) is 0 Å². The number of hydrogen-bond donors (Lipinski definition) is 1. The van der Waals surface area contributed by atoms with Crippen molar-refractivity contribution < 1.29 is 9.84 Å². The predicted octanol–water partition coefficient (Wildman–Crippen LogP) is 2.50. The molecule has 82 valence electrons. The maximum Gasteiger partial charge on any atom is 0.0810 e. The Kier molecular flexibility index (Phi) is 3.13. The zero-order chi connectivity index (χ0) is 10.0. The quantitative estimate of drug-likeness (QED) is 0.738. The largest absolute Gasteiger partial charge is 0.394 e. The molecule has 2 nitrogen and oxygen atoms in total. The van der Waals surface area contributed by atoms with Crippen molar-refractivity contribution in [3.8, 4) is 0 Å². The maximum absolute atomic E-state index is 9.04. The first-order valence-corrected chi connectivity index (χ1v) is 6.01. The fraction of sp³-hybridized carbons (Fsp3) is 1.00. The van der Waals surface area contributed by atoms with Gasteiger partial charge in [-0.3, -0.25) is 0 Å². The summed E-state index contributed by atoms with van der Waals surface area (Å²) in [5.41, 5.74) is 0.405. The molecule has 0 amide bonds. The summed E-state index contributed by atoms with van der Waals surface area (Å²) in [4.78, 5) is 0. The molecule has 2 fully saturated rings. The first-order chi connectivity index (χ1) is 6.74. The highest BCUT2D eigenvalue weighted by Crippen LogP contribution is 2.44. The maximum atomic E-state index is 9.04. The second-order valence-electron chi connectivity index (χ2n) is 5.22. The van der Waals surface area contributed by atoms with Crippen LogP contribution in [0.3, 0.4) is 0 Å². The first-order valence-electron chi connectivity index (χ1n) is 6.01. The van der Waals surface area contributed by atoms with Crippen LogP contribution in [0.5, 0.6) is 0 Å². The van der Waals surface area contributed by atoms with E-state index < -0.39 is 0 Å². The van der Waals surface area contributed by atoms with Gasteiger partial charge in [0.05, 0.1) is 18.8 Å². The van der Waals surface area contributed by atoms with E-state index in [1.54, 1.807) is 0 Å². The summed E-state index contributed by atoms with van der Waals surface area (Å²) in [6.07, 6.45) is 9.49. The number of hydrogen-bond acceptors (Lipinski definition) is 2. The minimum Gasteiger partial charge on any atom is -0.394 e. The predicted molar refractivity (Wildman–Crippen MR) is 56.2 cm³/mol. The lowest BCUT2D eigenvalue weighted by Gasteiger charge is -2.38. The van der Waals surface area contributed by atoms with Crippen LogP contribution in [0.4, 0.5) is 0 Å². The summed E-state index contributed by atoms with van der Waals surface area (Å²) in [5, 5.41) is 9.04. The van der Waals surface area contributed by atoms with Gasteiger partial charge in [-0.1, -0.05) is 26.2 Å². The van der Waals surface area contributed by atoms with E-state index >= 15 is 0 Å². The Bertz CT molecular complexity index is 185. The highest BCUT2D eigenvalue weighted by atomic mass is 16.5. The highest BCUT2D eigenvalue weighted by Gasteiger charge is 2.40. The summed E-state index contributed by atoms with van der Waals surface area (Å²) < 4.78 is 5.90. The molecule has 1 heterocycles. The Labute approximate surface area is 86.6 Å². The van der Waals surface area contributed by atoms with Gasteiger partial charge in [0.2, 0.25) is 0 Å². The summed E-state index contributed by atoms with van der Waals surface area (Å²) in [6, 6.07) is 0. The standard InChI is InChI=1S/C12H22O2/c1-12(7-3-2-4-8-12)11-6-5-10(9-13)14-11/h10-11,13H,2-9H2,1H3. The third-order valence-corrected chi connectivity index (χ3v) is 4.08. The van der Waals surface area contributed by atoms with Crippen molar-refractivity contribution in [3.63, 3.8) is 0 Å². The Morgan fingerprint density at radius 2 is 1.93 bits per heavy atom. The number of aliphatic hydroxyl groups is 1. The molecule has 2 heteroatoms. The molecule has 1 saturated heterocycles. The molecule has 0 radical (unpaired) electrons. The van der Waals surface area contributed by atoms with Crippen LogP contribution in [0.1, 0.15) is 51.9 Å². The molecule has 2 rings (SSSR count). The van der Waals surface area contributed by atoms with E-state index in [-0.39, 0.29) is 12.7 Å². The molecule has 0 aromatic rings. The fourth-order valence-electron chi connectivity index (χ4n) is 3.03. The molecular formula is C12H22O2. The van der Waals surface area contributed by atoms with Crippen LogP contribution in [0.25, 0.3) is 0 Å². The highest BCUT2D eigenvalue weighted by molar-refractivity contribution is 4.90. The molecule has 2 aliphatic rings. The van der Waals surface area contributed by atoms with Gasteiger partial charge in [-0.2, -0.15) is 0 Å². The molecule has 1 aliphatic heterocycles. The second kappa shape index (κ2) is 4.19. The Morgan fingerprint density at radius 1 is 1.21 bits per heavy atom. The third kappa shape index (κ3) is 1.96. The van der Waals surface area contributed by atoms with Gasteiger partial charge in [-0.15, -0.1) is 0 Å². The van der Waals surface area contributed by atoms with Gasteiger partial charge >= 0.3 is 0 Å². The summed E-state index contributed by atoms with van der Waals surface area (Å²) >= 11 is 0. The van der Waals surface area contributed by atoms with Crippen molar-refractivity contribution in [2.75, 3.05) is 6.61 Å². The summed E-state index contributed by atoms with van der Waals surface area (Å²) in [5.74, 6) is 0. The van der Waals surface area contributed by atoms with Gasteiger partial charge in [0, 0.05) is 0 Å². The molecule has 1 N–H and O–H groups in total. The van der Waals surface area contributed by atoms with Crippen molar-refractivity contribution in [1.82, 2.24) is 0 Å². The van der Waals surface area contributed by atoms with Crippen LogP contribution in [-0.2, 0) is 4.74 Å². The average molecular weight is 198 g/mol. The summed E-state index contributed by atoms with van der Waals surface area (Å²) in [7, 11) is 0. The third-order valence-electron chi connectivity index (χ3n) is 4.08. The molecule has 0 spiro atoms. The van der Waals surface area contributed by atoms with Crippen LogP contribution in [0.2, 0.25) is 0 Å². The molecule has 0 aromatic carbocycles. The Morgan fingerprint density at radius 3 is 2.50 bits per heavy atom. The van der Waals surface area contributed by atoms with E-state index in [2.05, 4.69) is 6.92 Å². The molecule has 0 bridgehead atoms. The van der Waals surface area contributed by atoms with E-state index in [4.69, 9.17) is 9.84 Å². The lowest BCUT2D eigenvalue weighted by molar-refractivity contribution is -0.0600. The first kappa shape index (κ1) is 10.4. The average Bonchev–Trinajstić information content (AvgIpc) is 2.67. The molecular weight excluding hydrogens is 176 g/mol. The van der Waals surface area contributed by atoms with Crippen LogP contribution < -0.4 is 0 Å². The Balaban J connectivity index is 1.93. The molecule has 1 aliphatic carbocycles. The van der Waals surface area contributed by atoms with Crippen molar-refractivity contribution in [3.05, 3.63) is 0 Å². The number of aliphatic hydroxyl groups excluding tert-OH is 1. The van der Waals surface area contributed by atoms with Gasteiger partial charge in [-0.05, 0) is 31.1 Å². The van der Waals surface area contributed by atoms with Gasteiger partial charge in [0.1, 0.15) is 0 Å². The van der Waals surface area contributed by atoms with E-state index in [1.165, 1.54) is 32.1 Å². The molecule has 0 aromatic heterocycles. The van der Waals surface area contributed by atoms with E-state index in [0.717, 1.165) is 12.8 Å². The van der Waals surface area contributed by atoms with Gasteiger partial charge < -0.3 is 9.84 Å². The topological polar surface area (TPSA) is 29.5 Å². The van der Waals surface area contributed by atoms with Crippen molar-refractivity contribution in [2.24, 2.45) is 5.41 Å².